The lowest BCUT2D eigenvalue weighted by atomic mass is 10.1. The molecule has 8 heteroatoms. The van der Waals surface area contributed by atoms with Gasteiger partial charge in [0.05, 0.1) is 11.9 Å². The Hall–Kier alpha value is -4.46. The largest absolute Gasteiger partial charge is 0.323 e. The van der Waals surface area contributed by atoms with Crippen LogP contribution in [0.25, 0.3) is 27.9 Å². The molecule has 0 unspecified atom stereocenters. The van der Waals surface area contributed by atoms with Crippen LogP contribution < -0.4 is 5.32 Å². The van der Waals surface area contributed by atoms with Crippen LogP contribution in [0.1, 0.15) is 12.5 Å². The van der Waals surface area contributed by atoms with Crippen molar-refractivity contribution in [3.05, 3.63) is 84.9 Å². The molecule has 1 N–H and O–H groups in total. The number of fused-ring (bicyclic) bond motifs is 2. The van der Waals surface area contributed by atoms with Crippen molar-refractivity contribution in [2.24, 2.45) is 10.9 Å². The quantitative estimate of drug-likeness (QED) is 0.515. The molecule has 160 valence electrons. The fourth-order valence-corrected chi connectivity index (χ4v) is 4.26. The van der Waals surface area contributed by atoms with Gasteiger partial charge in [-0.15, -0.1) is 0 Å². The third-order valence-corrected chi connectivity index (χ3v) is 5.88. The van der Waals surface area contributed by atoms with Gasteiger partial charge in [-0.2, -0.15) is 0 Å². The molecular weight excluding hydrogens is 414 g/mol. The standard InChI is InChI=1S/C25H19N7O/c1-15-23-19(4-6-27-15)24(23)18-10-16-5-9-32(25(16)30-12-18)14-22(33)31-21-3-2-17(11-29-21)20-13-26-7-8-28-20/h2-13,19H,14H2,1H3,(H,29,31,33)/t19-/m0/s1. The smallest absolute Gasteiger partial charge is 0.245 e. The van der Waals surface area contributed by atoms with Gasteiger partial charge in [0.15, 0.2) is 0 Å². The molecule has 5 heterocycles. The number of nitrogens with one attached hydrogen (secondary N) is 1. The second kappa shape index (κ2) is 7.59. The molecule has 8 nitrogen and oxygen atoms in total. The molecule has 4 aromatic rings. The lowest BCUT2D eigenvalue weighted by Gasteiger charge is -2.07. The Morgan fingerprint density at radius 1 is 1.03 bits per heavy atom. The number of aliphatic imine (C=N–C) groups is 1. The van der Waals surface area contributed by atoms with Crippen LogP contribution in [0.5, 0.6) is 0 Å². The maximum Gasteiger partial charge on any atom is 0.245 e. The van der Waals surface area contributed by atoms with Crippen LogP contribution in [0.3, 0.4) is 0 Å². The summed E-state index contributed by atoms with van der Waals surface area (Å²) in [5.74, 6) is 0.671. The fourth-order valence-electron chi connectivity index (χ4n) is 4.26. The first-order valence-corrected chi connectivity index (χ1v) is 10.6. The lowest BCUT2D eigenvalue weighted by molar-refractivity contribution is -0.116. The van der Waals surface area contributed by atoms with Gasteiger partial charge in [0.2, 0.25) is 5.91 Å². The lowest BCUT2D eigenvalue weighted by Crippen LogP contribution is -2.19. The highest BCUT2D eigenvalue weighted by molar-refractivity contribution is 6.17. The van der Waals surface area contributed by atoms with Crippen molar-refractivity contribution in [3.8, 4) is 11.3 Å². The zero-order chi connectivity index (χ0) is 22.4. The summed E-state index contributed by atoms with van der Waals surface area (Å²) >= 11 is 0. The molecule has 1 aliphatic heterocycles. The molecule has 33 heavy (non-hydrogen) atoms. The van der Waals surface area contributed by atoms with Crippen molar-refractivity contribution >= 4 is 34.0 Å². The van der Waals surface area contributed by atoms with Crippen LogP contribution >= 0.6 is 0 Å². The molecule has 0 saturated heterocycles. The van der Waals surface area contributed by atoms with Crippen LogP contribution in [0.4, 0.5) is 5.82 Å². The number of nitrogens with zero attached hydrogens (tertiary/aromatic N) is 6. The molecule has 0 aromatic carbocycles. The summed E-state index contributed by atoms with van der Waals surface area (Å²) in [7, 11) is 0. The summed E-state index contributed by atoms with van der Waals surface area (Å²) in [6.45, 7) is 2.19. The summed E-state index contributed by atoms with van der Waals surface area (Å²) < 4.78 is 1.84. The number of allylic oxidation sites excluding steroid dienone is 3. The number of hydrogen-bond acceptors (Lipinski definition) is 6. The number of rotatable bonds is 5. The van der Waals surface area contributed by atoms with E-state index in [0.29, 0.717) is 11.7 Å². The summed E-state index contributed by atoms with van der Waals surface area (Å²) in [4.78, 5) is 34.3. The normalized spacial score (nSPS) is 16.5. The summed E-state index contributed by atoms with van der Waals surface area (Å²) in [6.07, 6.45) is 14.3. The molecule has 0 bridgehead atoms. The molecule has 0 radical (unpaired) electrons. The van der Waals surface area contributed by atoms with Crippen LogP contribution in [0, 0.1) is 5.92 Å². The van der Waals surface area contributed by atoms with Crippen molar-refractivity contribution < 1.29 is 4.79 Å². The Bertz CT molecular complexity index is 1480. The molecule has 4 aromatic heterocycles. The Morgan fingerprint density at radius 3 is 2.73 bits per heavy atom. The van der Waals surface area contributed by atoms with E-state index in [0.717, 1.165) is 33.6 Å². The minimum atomic E-state index is -0.173. The predicted molar refractivity (Wildman–Crippen MR) is 126 cm³/mol. The van der Waals surface area contributed by atoms with E-state index >= 15 is 0 Å². The number of carbonyl (C=O) groups is 1. The van der Waals surface area contributed by atoms with Gasteiger partial charge in [0.25, 0.3) is 0 Å². The molecule has 0 spiro atoms. The minimum absolute atomic E-state index is 0.147. The third-order valence-electron chi connectivity index (χ3n) is 5.88. The van der Waals surface area contributed by atoms with Gasteiger partial charge in [-0.3, -0.25) is 19.8 Å². The van der Waals surface area contributed by atoms with Gasteiger partial charge >= 0.3 is 0 Å². The Labute approximate surface area is 189 Å². The average molecular weight is 433 g/mol. The number of carbonyl (C=O) groups excluding carboxylic acids is 1. The fraction of sp³-hybridized carbons (Fsp3) is 0.120. The number of amides is 1. The molecule has 0 saturated carbocycles. The molecule has 1 amide bonds. The summed E-state index contributed by atoms with van der Waals surface area (Å²) in [6, 6.07) is 7.73. The predicted octanol–water partition coefficient (Wildman–Crippen LogP) is 3.90. The van der Waals surface area contributed by atoms with Crippen molar-refractivity contribution in [2.45, 2.75) is 13.5 Å². The number of pyridine rings is 2. The minimum Gasteiger partial charge on any atom is -0.323 e. The first kappa shape index (κ1) is 19.2. The zero-order valence-electron chi connectivity index (χ0n) is 17.8. The SMILES string of the molecule is CC1=NC=C[C@H]2C1=C2c1cnc2c(ccn2CC(=O)Nc2ccc(-c3cnccn3)cn2)c1. The number of aromatic nitrogens is 5. The van der Waals surface area contributed by atoms with E-state index in [1.807, 2.05) is 42.2 Å². The van der Waals surface area contributed by atoms with E-state index in [2.05, 4.69) is 42.4 Å². The van der Waals surface area contributed by atoms with Crippen molar-refractivity contribution in [2.75, 3.05) is 5.32 Å². The molecule has 0 fully saturated rings. The van der Waals surface area contributed by atoms with E-state index in [9.17, 15) is 4.79 Å². The second-order valence-corrected chi connectivity index (χ2v) is 8.01. The molecule has 1 atom stereocenters. The van der Waals surface area contributed by atoms with Gasteiger partial charge in [0, 0.05) is 59.8 Å². The maximum atomic E-state index is 12.6. The molecule has 6 rings (SSSR count). The highest BCUT2D eigenvalue weighted by Gasteiger charge is 2.38. The van der Waals surface area contributed by atoms with E-state index in [-0.39, 0.29) is 12.5 Å². The first-order chi connectivity index (χ1) is 16.2. The topological polar surface area (TPSA) is 98.0 Å². The van der Waals surface area contributed by atoms with Crippen LogP contribution in [0.15, 0.2) is 84.3 Å². The third kappa shape index (κ3) is 3.51. The summed E-state index contributed by atoms with van der Waals surface area (Å²) in [5, 5.41) is 3.84. The van der Waals surface area contributed by atoms with Crippen LogP contribution in [0.2, 0.25) is 0 Å². The summed E-state index contributed by atoms with van der Waals surface area (Å²) in [5.41, 5.74) is 7.11. The average Bonchev–Trinajstić information content (AvgIpc) is 3.47. The van der Waals surface area contributed by atoms with Crippen molar-refractivity contribution in [1.29, 1.82) is 0 Å². The van der Waals surface area contributed by atoms with Crippen molar-refractivity contribution in [3.63, 3.8) is 0 Å². The Kier molecular flexibility index (Phi) is 4.43. The van der Waals surface area contributed by atoms with Crippen LogP contribution in [-0.4, -0.2) is 36.1 Å². The second-order valence-electron chi connectivity index (χ2n) is 8.01. The zero-order valence-corrected chi connectivity index (χ0v) is 17.8. The highest BCUT2D eigenvalue weighted by atomic mass is 16.2. The van der Waals surface area contributed by atoms with Gasteiger partial charge in [-0.25, -0.2) is 9.97 Å². The van der Waals surface area contributed by atoms with Gasteiger partial charge in [0.1, 0.15) is 18.0 Å². The molecule has 1 aliphatic carbocycles. The highest BCUT2D eigenvalue weighted by Crippen LogP contribution is 2.50. The van der Waals surface area contributed by atoms with Crippen molar-refractivity contribution in [1.82, 2.24) is 24.5 Å². The monoisotopic (exact) mass is 433 g/mol. The van der Waals surface area contributed by atoms with Gasteiger partial charge in [-0.1, -0.05) is 6.08 Å². The maximum absolute atomic E-state index is 12.6. The van der Waals surface area contributed by atoms with Crippen LogP contribution in [-0.2, 0) is 11.3 Å². The van der Waals surface area contributed by atoms with E-state index in [1.54, 1.807) is 30.9 Å². The Morgan fingerprint density at radius 2 is 1.94 bits per heavy atom. The first-order valence-electron chi connectivity index (χ1n) is 10.6. The van der Waals surface area contributed by atoms with E-state index in [1.165, 1.54) is 11.1 Å². The van der Waals surface area contributed by atoms with E-state index in [4.69, 9.17) is 0 Å². The Balaban J connectivity index is 1.16. The number of hydrogen-bond donors (Lipinski definition) is 1. The number of anilines is 1. The van der Waals surface area contributed by atoms with Gasteiger partial charge < -0.3 is 9.88 Å². The van der Waals surface area contributed by atoms with Gasteiger partial charge in [-0.05, 0) is 47.9 Å². The molecule has 2 aliphatic rings. The molecular formula is C25H19N7O. The van der Waals surface area contributed by atoms with E-state index < -0.39 is 0 Å².